The molecular weight excluding hydrogens is 451 g/mol. The minimum atomic E-state index is -3.88. The van der Waals surface area contributed by atoms with Gasteiger partial charge in [0.1, 0.15) is 16.4 Å². The van der Waals surface area contributed by atoms with Crippen molar-refractivity contribution in [3.8, 4) is 11.5 Å². The molecule has 2 aromatic carbocycles. The summed E-state index contributed by atoms with van der Waals surface area (Å²) in [5.74, 6) is 0.251. The molecule has 1 aliphatic rings. The first-order valence-corrected chi connectivity index (χ1v) is 11.4. The summed E-state index contributed by atoms with van der Waals surface area (Å²) in [6.45, 7) is 0.357. The topological polar surface area (TPSA) is 84.9 Å². The van der Waals surface area contributed by atoms with Crippen molar-refractivity contribution in [2.24, 2.45) is 5.92 Å². The zero-order valence-corrected chi connectivity index (χ0v) is 18.9. The van der Waals surface area contributed by atoms with Crippen molar-refractivity contribution in [3.05, 3.63) is 46.4 Å². The molecule has 1 heterocycles. The molecule has 1 fully saturated rings. The highest BCUT2D eigenvalue weighted by Gasteiger charge is 2.34. The van der Waals surface area contributed by atoms with Crippen LogP contribution in [0, 0.1) is 5.92 Å². The zero-order valence-electron chi connectivity index (χ0n) is 16.5. The van der Waals surface area contributed by atoms with Gasteiger partial charge in [0.05, 0.1) is 30.8 Å². The summed E-state index contributed by atoms with van der Waals surface area (Å²) < 4.78 is 37.9. The molecule has 0 aliphatic carbocycles. The van der Waals surface area contributed by atoms with Crippen molar-refractivity contribution in [2.45, 2.75) is 17.7 Å². The van der Waals surface area contributed by atoms with E-state index in [1.165, 1.54) is 36.7 Å². The quantitative estimate of drug-likeness (QED) is 0.685. The summed E-state index contributed by atoms with van der Waals surface area (Å²) in [4.78, 5) is 12.8. The normalized spacial score (nSPS) is 17.4. The molecule has 1 atom stereocenters. The predicted molar refractivity (Wildman–Crippen MR) is 116 cm³/mol. The van der Waals surface area contributed by atoms with E-state index < -0.39 is 15.9 Å². The van der Waals surface area contributed by atoms with Crippen LogP contribution in [0.2, 0.25) is 10.0 Å². The molecule has 0 bridgehead atoms. The maximum absolute atomic E-state index is 13.1. The van der Waals surface area contributed by atoms with Gasteiger partial charge in [-0.2, -0.15) is 4.31 Å². The predicted octanol–water partition coefficient (Wildman–Crippen LogP) is 4.05. The average molecular weight is 473 g/mol. The van der Waals surface area contributed by atoms with Crippen LogP contribution in [0.5, 0.6) is 11.5 Å². The van der Waals surface area contributed by atoms with Crippen LogP contribution in [0.3, 0.4) is 0 Å². The number of nitrogens with zero attached hydrogens (tertiary/aromatic N) is 1. The molecule has 0 saturated carbocycles. The van der Waals surface area contributed by atoms with E-state index in [0.29, 0.717) is 36.6 Å². The summed E-state index contributed by atoms with van der Waals surface area (Å²) >= 11 is 12.1. The Labute approximate surface area is 185 Å². The fourth-order valence-electron chi connectivity index (χ4n) is 3.33. The van der Waals surface area contributed by atoms with Gasteiger partial charge in [0.2, 0.25) is 15.9 Å². The molecule has 0 aromatic heterocycles. The Kier molecular flexibility index (Phi) is 7.13. The Hall–Kier alpha value is -2.00. The number of benzene rings is 2. The number of hydrogen-bond donors (Lipinski definition) is 1. The molecule has 7 nitrogen and oxygen atoms in total. The lowest BCUT2D eigenvalue weighted by Gasteiger charge is -2.31. The van der Waals surface area contributed by atoms with Crippen molar-refractivity contribution in [1.29, 1.82) is 0 Å². The molecular formula is C20H22Cl2N2O5S. The van der Waals surface area contributed by atoms with Crippen molar-refractivity contribution in [3.63, 3.8) is 0 Å². The van der Waals surface area contributed by atoms with E-state index >= 15 is 0 Å². The van der Waals surface area contributed by atoms with E-state index in [1.807, 2.05) is 0 Å². The number of amides is 1. The third kappa shape index (κ3) is 4.83. The van der Waals surface area contributed by atoms with E-state index in [9.17, 15) is 13.2 Å². The fourth-order valence-corrected chi connectivity index (χ4v) is 5.59. The van der Waals surface area contributed by atoms with E-state index in [2.05, 4.69) is 5.32 Å². The van der Waals surface area contributed by atoms with E-state index in [4.69, 9.17) is 32.7 Å². The number of anilines is 1. The zero-order chi connectivity index (χ0) is 21.9. The van der Waals surface area contributed by atoms with Gasteiger partial charge >= 0.3 is 0 Å². The molecule has 1 saturated heterocycles. The van der Waals surface area contributed by atoms with Gasteiger partial charge in [-0.3, -0.25) is 4.79 Å². The Morgan fingerprint density at radius 1 is 1.13 bits per heavy atom. The van der Waals surface area contributed by atoms with Gasteiger partial charge in [0.15, 0.2) is 0 Å². The van der Waals surface area contributed by atoms with Gasteiger partial charge in [-0.1, -0.05) is 23.2 Å². The van der Waals surface area contributed by atoms with Crippen LogP contribution in [0.1, 0.15) is 12.8 Å². The minimum Gasteiger partial charge on any atom is -0.497 e. The highest BCUT2D eigenvalue weighted by Crippen LogP contribution is 2.32. The first-order valence-electron chi connectivity index (χ1n) is 9.24. The molecule has 30 heavy (non-hydrogen) atoms. The number of carbonyl (C=O) groups excluding carboxylic acids is 1. The maximum atomic E-state index is 13.1. The largest absolute Gasteiger partial charge is 0.497 e. The third-order valence-corrected chi connectivity index (χ3v) is 7.51. The number of sulfonamides is 1. The van der Waals surface area contributed by atoms with Gasteiger partial charge in [-0.15, -0.1) is 0 Å². The summed E-state index contributed by atoms with van der Waals surface area (Å²) in [6, 6.07) is 9.34. The Morgan fingerprint density at radius 2 is 1.90 bits per heavy atom. The van der Waals surface area contributed by atoms with Crippen LogP contribution in [-0.4, -0.2) is 45.9 Å². The fraction of sp³-hybridized carbons (Fsp3) is 0.350. The van der Waals surface area contributed by atoms with Crippen LogP contribution >= 0.6 is 23.2 Å². The molecule has 10 heteroatoms. The third-order valence-electron chi connectivity index (χ3n) is 4.93. The molecule has 3 rings (SSSR count). The lowest BCUT2D eigenvalue weighted by atomic mass is 9.98. The molecule has 0 radical (unpaired) electrons. The van der Waals surface area contributed by atoms with Gasteiger partial charge in [-0.25, -0.2) is 8.42 Å². The van der Waals surface area contributed by atoms with E-state index in [0.717, 1.165) is 0 Å². The number of halogens is 2. The SMILES string of the molecule is COc1ccc(NC(=O)[C@H]2CCCN(S(=O)(=O)c3cc(Cl)ccc3Cl)C2)c(OC)c1. The first kappa shape index (κ1) is 22.7. The second kappa shape index (κ2) is 9.43. The molecule has 2 aromatic rings. The average Bonchev–Trinajstić information content (AvgIpc) is 2.75. The van der Waals surface area contributed by atoms with Crippen LogP contribution in [-0.2, 0) is 14.8 Å². The lowest BCUT2D eigenvalue weighted by molar-refractivity contribution is -0.120. The van der Waals surface area contributed by atoms with Crippen LogP contribution < -0.4 is 14.8 Å². The van der Waals surface area contributed by atoms with Crippen molar-refractivity contribution < 1.29 is 22.7 Å². The summed E-state index contributed by atoms with van der Waals surface area (Å²) in [5, 5.41) is 3.19. The summed E-state index contributed by atoms with van der Waals surface area (Å²) in [6.07, 6.45) is 1.12. The maximum Gasteiger partial charge on any atom is 0.244 e. The standard InChI is InChI=1S/C20H22Cl2N2O5S/c1-28-15-6-8-17(18(11-15)29-2)23-20(25)13-4-3-9-24(12-13)30(26,27)19-10-14(21)5-7-16(19)22/h5-8,10-11,13H,3-4,9,12H2,1-2H3,(H,23,25)/t13-/m0/s1. The van der Waals surface area contributed by atoms with Gasteiger partial charge in [0, 0.05) is 24.2 Å². The number of rotatable bonds is 6. The number of carbonyl (C=O) groups is 1. The number of methoxy groups -OCH3 is 2. The Balaban J connectivity index is 1.77. The number of ether oxygens (including phenoxy) is 2. The Bertz CT molecular complexity index is 1050. The highest BCUT2D eigenvalue weighted by molar-refractivity contribution is 7.89. The summed E-state index contributed by atoms with van der Waals surface area (Å²) in [5.41, 5.74) is 0.487. The Morgan fingerprint density at radius 3 is 2.60 bits per heavy atom. The molecule has 162 valence electrons. The minimum absolute atomic E-state index is 0.0511. The van der Waals surface area contributed by atoms with E-state index in [1.54, 1.807) is 18.2 Å². The van der Waals surface area contributed by atoms with Crippen LogP contribution in [0.15, 0.2) is 41.3 Å². The van der Waals surface area contributed by atoms with Crippen LogP contribution in [0.4, 0.5) is 5.69 Å². The number of piperidine rings is 1. The molecule has 1 aliphatic heterocycles. The monoisotopic (exact) mass is 472 g/mol. The van der Waals surface area contributed by atoms with Gasteiger partial charge in [0.25, 0.3) is 0 Å². The molecule has 0 unspecified atom stereocenters. The highest BCUT2D eigenvalue weighted by atomic mass is 35.5. The van der Waals surface area contributed by atoms with Gasteiger partial charge < -0.3 is 14.8 Å². The number of hydrogen-bond acceptors (Lipinski definition) is 5. The lowest BCUT2D eigenvalue weighted by Crippen LogP contribution is -2.43. The molecule has 1 N–H and O–H groups in total. The second-order valence-corrected chi connectivity index (χ2v) is 9.58. The molecule has 1 amide bonds. The van der Waals surface area contributed by atoms with Gasteiger partial charge in [-0.05, 0) is 43.2 Å². The van der Waals surface area contributed by atoms with Crippen molar-refractivity contribution in [1.82, 2.24) is 4.31 Å². The second-order valence-electron chi connectivity index (χ2n) is 6.83. The first-order chi connectivity index (χ1) is 14.3. The molecule has 0 spiro atoms. The van der Waals surface area contributed by atoms with Crippen molar-refractivity contribution >= 4 is 44.8 Å². The smallest absolute Gasteiger partial charge is 0.244 e. The van der Waals surface area contributed by atoms with Crippen molar-refractivity contribution in [2.75, 3.05) is 32.6 Å². The van der Waals surface area contributed by atoms with E-state index in [-0.39, 0.29) is 27.4 Å². The summed E-state index contributed by atoms with van der Waals surface area (Å²) in [7, 11) is -0.849. The number of nitrogens with one attached hydrogen (secondary N) is 1. The van der Waals surface area contributed by atoms with Crippen LogP contribution in [0.25, 0.3) is 0 Å².